The topological polar surface area (TPSA) is 44.4 Å². The Balaban J connectivity index is 1.61. The maximum atomic E-state index is 12.5. The lowest BCUT2D eigenvalue weighted by molar-refractivity contribution is -0.123. The minimum atomic E-state index is 0.112. The van der Waals surface area contributed by atoms with Crippen LogP contribution < -0.4 is 10.6 Å². The third kappa shape index (κ3) is 6.00. The minimum Gasteiger partial charge on any atom is -0.351 e. The van der Waals surface area contributed by atoms with Gasteiger partial charge in [0.2, 0.25) is 5.91 Å². The summed E-state index contributed by atoms with van der Waals surface area (Å²) in [5.74, 6) is 0.112. The van der Waals surface area contributed by atoms with Gasteiger partial charge in [-0.15, -0.1) is 0 Å². The molecule has 0 radical (unpaired) electrons. The third-order valence-electron chi connectivity index (χ3n) is 4.53. The van der Waals surface area contributed by atoms with E-state index in [0.29, 0.717) is 6.54 Å². The standard InChI is InChI=1S/C21H27N3O/c25-21(23-20-12-7-13-22-14-20)17-24(15-18-8-3-1-4-9-18)16-19-10-5-2-6-11-19/h1-6,8-11,20,22H,7,12-17H2,(H,23,25). The summed E-state index contributed by atoms with van der Waals surface area (Å²) >= 11 is 0. The van der Waals surface area contributed by atoms with Crippen LogP contribution in [0.25, 0.3) is 0 Å². The van der Waals surface area contributed by atoms with E-state index in [1.807, 2.05) is 36.4 Å². The van der Waals surface area contributed by atoms with Crippen LogP contribution in [0.1, 0.15) is 24.0 Å². The number of nitrogens with zero attached hydrogens (tertiary/aromatic N) is 1. The lowest BCUT2D eigenvalue weighted by atomic mass is 10.1. The van der Waals surface area contributed by atoms with Gasteiger partial charge in [-0.2, -0.15) is 0 Å². The molecule has 1 aliphatic rings. The molecule has 2 N–H and O–H groups in total. The number of carbonyl (C=O) groups excluding carboxylic acids is 1. The first-order valence-electron chi connectivity index (χ1n) is 9.10. The van der Waals surface area contributed by atoms with Gasteiger partial charge in [0, 0.05) is 25.7 Å². The fourth-order valence-electron chi connectivity index (χ4n) is 3.30. The van der Waals surface area contributed by atoms with Crippen molar-refractivity contribution in [3.8, 4) is 0 Å². The number of benzene rings is 2. The summed E-state index contributed by atoms with van der Waals surface area (Å²) in [6, 6.07) is 20.9. The Bertz CT molecular complexity index is 597. The summed E-state index contributed by atoms with van der Waals surface area (Å²) in [5, 5.41) is 6.52. The van der Waals surface area contributed by atoms with Crippen LogP contribution >= 0.6 is 0 Å². The maximum absolute atomic E-state index is 12.5. The van der Waals surface area contributed by atoms with E-state index in [1.54, 1.807) is 0 Å². The van der Waals surface area contributed by atoms with Gasteiger partial charge in [0.05, 0.1) is 6.54 Å². The molecular weight excluding hydrogens is 310 g/mol. The number of hydrogen-bond acceptors (Lipinski definition) is 3. The molecule has 1 unspecified atom stereocenters. The van der Waals surface area contributed by atoms with Crippen molar-refractivity contribution in [2.24, 2.45) is 0 Å². The average Bonchev–Trinajstić information content (AvgIpc) is 2.64. The van der Waals surface area contributed by atoms with Crippen molar-refractivity contribution in [1.29, 1.82) is 0 Å². The summed E-state index contributed by atoms with van der Waals surface area (Å²) in [4.78, 5) is 14.7. The second-order valence-electron chi connectivity index (χ2n) is 6.73. The van der Waals surface area contributed by atoms with Crippen LogP contribution in [0, 0.1) is 0 Å². The molecule has 25 heavy (non-hydrogen) atoms. The highest BCUT2D eigenvalue weighted by atomic mass is 16.2. The zero-order chi connectivity index (χ0) is 17.3. The normalized spacial score (nSPS) is 17.4. The molecule has 1 heterocycles. The van der Waals surface area contributed by atoms with E-state index in [2.05, 4.69) is 39.8 Å². The molecule has 1 saturated heterocycles. The van der Waals surface area contributed by atoms with Crippen molar-refractivity contribution in [3.63, 3.8) is 0 Å². The molecule has 4 nitrogen and oxygen atoms in total. The maximum Gasteiger partial charge on any atom is 0.234 e. The molecule has 1 fully saturated rings. The van der Waals surface area contributed by atoms with Gasteiger partial charge in [-0.3, -0.25) is 9.69 Å². The molecule has 0 bridgehead atoms. The first-order chi connectivity index (χ1) is 12.3. The van der Waals surface area contributed by atoms with Crippen molar-refractivity contribution < 1.29 is 4.79 Å². The number of nitrogens with one attached hydrogen (secondary N) is 2. The van der Waals surface area contributed by atoms with Crippen molar-refractivity contribution in [1.82, 2.24) is 15.5 Å². The van der Waals surface area contributed by atoms with Crippen molar-refractivity contribution in [2.45, 2.75) is 32.0 Å². The van der Waals surface area contributed by atoms with Gasteiger partial charge in [0.1, 0.15) is 0 Å². The zero-order valence-corrected chi connectivity index (χ0v) is 14.7. The van der Waals surface area contributed by atoms with Crippen LogP contribution in [-0.2, 0) is 17.9 Å². The van der Waals surface area contributed by atoms with Crippen LogP contribution in [0.3, 0.4) is 0 Å². The molecule has 0 aliphatic carbocycles. The Hall–Kier alpha value is -2.17. The monoisotopic (exact) mass is 337 g/mol. The Morgan fingerprint density at radius 3 is 2.12 bits per heavy atom. The van der Waals surface area contributed by atoms with Gasteiger partial charge >= 0.3 is 0 Å². The smallest absolute Gasteiger partial charge is 0.234 e. The van der Waals surface area contributed by atoms with Crippen LogP contribution in [0.15, 0.2) is 60.7 Å². The number of carbonyl (C=O) groups is 1. The van der Waals surface area contributed by atoms with Crippen molar-refractivity contribution >= 4 is 5.91 Å². The summed E-state index contributed by atoms with van der Waals surface area (Å²) in [6.45, 7) is 3.89. The molecule has 2 aromatic rings. The van der Waals surface area contributed by atoms with Crippen LogP contribution in [0.4, 0.5) is 0 Å². The fourth-order valence-corrected chi connectivity index (χ4v) is 3.30. The molecule has 4 heteroatoms. The zero-order valence-electron chi connectivity index (χ0n) is 14.7. The molecule has 1 aliphatic heterocycles. The van der Waals surface area contributed by atoms with Gasteiger partial charge in [-0.1, -0.05) is 60.7 Å². The molecule has 0 saturated carbocycles. The number of rotatable bonds is 7. The molecule has 0 spiro atoms. The van der Waals surface area contributed by atoms with Crippen molar-refractivity contribution in [3.05, 3.63) is 71.8 Å². The van der Waals surface area contributed by atoms with Gasteiger partial charge in [-0.05, 0) is 30.5 Å². The highest BCUT2D eigenvalue weighted by molar-refractivity contribution is 5.78. The second kappa shape index (κ2) is 9.35. The molecule has 3 rings (SSSR count). The molecule has 2 aromatic carbocycles. The molecule has 0 aromatic heterocycles. The Labute approximate surface area is 150 Å². The number of piperidine rings is 1. The van der Waals surface area contributed by atoms with Crippen LogP contribution in [0.5, 0.6) is 0 Å². The molecule has 132 valence electrons. The minimum absolute atomic E-state index is 0.112. The Morgan fingerprint density at radius 2 is 1.60 bits per heavy atom. The summed E-state index contributed by atoms with van der Waals surface area (Å²) < 4.78 is 0. The highest BCUT2D eigenvalue weighted by Gasteiger charge is 2.17. The summed E-state index contributed by atoms with van der Waals surface area (Å²) in [7, 11) is 0. The quantitative estimate of drug-likeness (QED) is 0.816. The Kier molecular flexibility index (Phi) is 6.60. The first kappa shape index (κ1) is 17.6. The average molecular weight is 337 g/mol. The Morgan fingerprint density at radius 1 is 1.00 bits per heavy atom. The van der Waals surface area contributed by atoms with E-state index in [9.17, 15) is 4.79 Å². The van der Waals surface area contributed by atoms with E-state index < -0.39 is 0 Å². The fraction of sp³-hybridized carbons (Fsp3) is 0.381. The highest BCUT2D eigenvalue weighted by Crippen LogP contribution is 2.10. The molecular formula is C21H27N3O. The largest absolute Gasteiger partial charge is 0.351 e. The predicted octanol–water partition coefficient (Wildman–Crippen LogP) is 2.56. The second-order valence-corrected chi connectivity index (χ2v) is 6.73. The first-order valence-corrected chi connectivity index (χ1v) is 9.10. The van der Waals surface area contributed by atoms with Gasteiger partial charge in [0.25, 0.3) is 0 Å². The van der Waals surface area contributed by atoms with E-state index >= 15 is 0 Å². The summed E-state index contributed by atoms with van der Waals surface area (Å²) in [6.07, 6.45) is 2.19. The molecule has 1 atom stereocenters. The molecule has 1 amide bonds. The summed E-state index contributed by atoms with van der Waals surface area (Å²) in [5.41, 5.74) is 2.45. The third-order valence-corrected chi connectivity index (χ3v) is 4.53. The predicted molar refractivity (Wildman–Crippen MR) is 101 cm³/mol. The van der Waals surface area contributed by atoms with Crippen LogP contribution in [0.2, 0.25) is 0 Å². The van der Waals surface area contributed by atoms with E-state index in [0.717, 1.165) is 39.0 Å². The van der Waals surface area contributed by atoms with Gasteiger partial charge in [-0.25, -0.2) is 0 Å². The van der Waals surface area contributed by atoms with Gasteiger partial charge in [0.15, 0.2) is 0 Å². The SMILES string of the molecule is O=C(CN(Cc1ccccc1)Cc1ccccc1)NC1CCCNC1. The van der Waals surface area contributed by atoms with E-state index in [4.69, 9.17) is 0 Å². The number of amides is 1. The van der Waals surface area contributed by atoms with E-state index in [1.165, 1.54) is 11.1 Å². The number of hydrogen-bond donors (Lipinski definition) is 2. The van der Waals surface area contributed by atoms with E-state index in [-0.39, 0.29) is 11.9 Å². The lowest BCUT2D eigenvalue weighted by Crippen LogP contribution is -2.48. The van der Waals surface area contributed by atoms with Crippen LogP contribution in [-0.4, -0.2) is 36.5 Å². The van der Waals surface area contributed by atoms with Gasteiger partial charge < -0.3 is 10.6 Å². The van der Waals surface area contributed by atoms with Crippen molar-refractivity contribution in [2.75, 3.05) is 19.6 Å². The lowest BCUT2D eigenvalue weighted by Gasteiger charge is -2.26.